The van der Waals surface area contributed by atoms with E-state index in [4.69, 9.17) is 10.5 Å². The van der Waals surface area contributed by atoms with E-state index < -0.39 is 5.41 Å². The van der Waals surface area contributed by atoms with Crippen LogP contribution in [0.25, 0.3) is 0 Å². The van der Waals surface area contributed by atoms with Gasteiger partial charge < -0.3 is 10.5 Å². The molecular formula is C14H18N2O3. The smallest absolute Gasteiger partial charge is 0.244 e. The first-order chi connectivity index (χ1) is 9.00. The number of ether oxygens (including phenoxy) is 1. The average molecular weight is 262 g/mol. The number of carbonyl (C=O) groups is 2. The summed E-state index contributed by atoms with van der Waals surface area (Å²) in [6.07, 6.45) is 0.657. The normalized spacial score (nSPS) is 16.5. The third kappa shape index (κ3) is 2.33. The highest BCUT2D eigenvalue weighted by Crippen LogP contribution is 2.35. The Hall–Kier alpha value is -1.88. The van der Waals surface area contributed by atoms with Gasteiger partial charge in [0, 0.05) is 12.6 Å². The maximum atomic E-state index is 12.6. The summed E-state index contributed by atoms with van der Waals surface area (Å²) in [5, 5.41) is 0. The summed E-state index contributed by atoms with van der Waals surface area (Å²) in [7, 11) is 0. The number of nitrogens with two attached hydrogens (primary N) is 1. The molecule has 0 aromatic heterocycles. The fourth-order valence-corrected chi connectivity index (χ4v) is 2.13. The first-order valence-corrected chi connectivity index (χ1v) is 6.28. The predicted molar refractivity (Wildman–Crippen MR) is 72.6 cm³/mol. The number of nitrogen functional groups attached to an aromatic ring is 1. The monoisotopic (exact) mass is 262 g/mol. The highest BCUT2D eigenvalue weighted by atomic mass is 16.5. The van der Waals surface area contributed by atoms with E-state index in [1.54, 1.807) is 24.3 Å². The molecule has 0 radical (unpaired) electrons. The van der Waals surface area contributed by atoms with Crippen molar-refractivity contribution in [3.05, 3.63) is 24.3 Å². The lowest BCUT2D eigenvalue weighted by molar-refractivity contribution is -0.160. The van der Waals surface area contributed by atoms with Gasteiger partial charge >= 0.3 is 0 Å². The second-order valence-electron chi connectivity index (χ2n) is 4.88. The Labute approximate surface area is 112 Å². The van der Waals surface area contributed by atoms with Crippen LogP contribution < -0.4 is 10.6 Å². The molecule has 2 rings (SSSR count). The van der Waals surface area contributed by atoms with Gasteiger partial charge in [-0.15, -0.1) is 0 Å². The number of imide groups is 1. The van der Waals surface area contributed by atoms with Gasteiger partial charge in [-0.05, 0) is 30.7 Å². The van der Waals surface area contributed by atoms with Gasteiger partial charge in [0.15, 0.2) is 0 Å². The van der Waals surface area contributed by atoms with Gasteiger partial charge in [-0.25, -0.2) is 0 Å². The molecule has 0 aliphatic carbocycles. The molecule has 0 unspecified atom stereocenters. The summed E-state index contributed by atoms with van der Waals surface area (Å²) in [5.74, 6) is -0.493. The van der Waals surface area contributed by atoms with Crippen molar-refractivity contribution in [2.75, 3.05) is 23.8 Å². The van der Waals surface area contributed by atoms with E-state index in [0.29, 0.717) is 31.0 Å². The van der Waals surface area contributed by atoms with Crippen molar-refractivity contribution in [2.45, 2.75) is 20.3 Å². The Morgan fingerprint density at radius 2 is 1.89 bits per heavy atom. The van der Waals surface area contributed by atoms with Crippen molar-refractivity contribution in [1.82, 2.24) is 0 Å². The zero-order valence-corrected chi connectivity index (χ0v) is 11.2. The minimum Gasteiger partial charge on any atom is -0.399 e. The molecular weight excluding hydrogens is 244 g/mol. The fraction of sp³-hybridized carbons (Fsp3) is 0.429. The van der Waals surface area contributed by atoms with Gasteiger partial charge in [-0.3, -0.25) is 14.5 Å². The topological polar surface area (TPSA) is 72.6 Å². The largest absolute Gasteiger partial charge is 0.399 e. The quantitative estimate of drug-likeness (QED) is 0.839. The minimum atomic E-state index is -0.562. The summed E-state index contributed by atoms with van der Waals surface area (Å²) in [6, 6.07) is 6.71. The van der Waals surface area contributed by atoms with Crippen LogP contribution in [0.5, 0.6) is 0 Å². The van der Waals surface area contributed by atoms with Crippen molar-refractivity contribution in [1.29, 1.82) is 0 Å². The van der Waals surface area contributed by atoms with Gasteiger partial charge in [-0.2, -0.15) is 0 Å². The molecule has 5 nitrogen and oxygen atoms in total. The molecule has 1 aromatic carbocycles. The number of rotatable bonds is 3. The number of amides is 2. The molecule has 0 bridgehead atoms. The lowest BCUT2D eigenvalue weighted by Crippen LogP contribution is -2.56. The molecule has 1 aromatic rings. The highest BCUT2D eigenvalue weighted by Gasteiger charge is 2.47. The molecule has 2 N–H and O–H groups in total. The molecule has 1 aliphatic heterocycles. The number of hydrogen-bond acceptors (Lipinski definition) is 4. The predicted octanol–water partition coefficient (Wildman–Crippen LogP) is 1.57. The Morgan fingerprint density at radius 1 is 1.32 bits per heavy atom. The van der Waals surface area contributed by atoms with Crippen LogP contribution in [0.4, 0.5) is 11.4 Å². The second kappa shape index (κ2) is 5.01. The first kappa shape index (κ1) is 13.5. The van der Waals surface area contributed by atoms with E-state index in [-0.39, 0.29) is 11.8 Å². The van der Waals surface area contributed by atoms with Crippen molar-refractivity contribution >= 4 is 23.2 Å². The molecule has 2 amide bonds. The van der Waals surface area contributed by atoms with E-state index in [1.807, 2.05) is 6.92 Å². The first-order valence-electron chi connectivity index (χ1n) is 6.28. The summed E-state index contributed by atoms with van der Waals surface area (Å²) < 4.78 is 5.16. The van der Waals surface area contributed by atoms with Crippen LogP contribution in [0.1, 0.15) is 20.3 Å². The molecule has 0 atom stereocenters. The number of nitrogens with zero attached hydrogens (tertiary/aromatic N) is 1. The summed E-state index contributed by atoms with van der Waals surface area (Å²) in [6.45, 7) is 4.07. The van der Waals surface area contributed by atoms with E-state index >= 15 is 0 Å². The standard InChI is InChI=1S/C14H18N2O3/c1-3-14(8-19-9-14)13(18)16(10(2)17)12-6-4-11(15)5-7-12/h4-7H,3,8-9,15H2,1-2H3. The Balaban J connectivity index is 2.33. The Morgan fingerprint density at radius 3 is 2.26 bits per heavy atom. The summed E-state index contributed by atoms with van der Waals surface area (Å²) in [5.41, 5.74) is 6.20. The van der Waals surface area contributed by atoms with Gasteiger partial charge in [0.05, 0.1) is 24.3 Å². The minimum absolute atomic E-state index is 0.196. The van der Waals surface area contributed by atoms with Crippen molar-refractivity contribution in [3.8, 4) is 0 Å². The van der Waals surface area contributed by atoms with Gasteiger partial charge in [0.1, 0.15) is 0 Å². The molecule has 1 heterocycles. The van der Waals surface area contributed by atoms with Crippen LogP contribution >= 0.6 is 0 Å². The van der Waals surface area contributed by atoms with Gasteiger partial charge in [0.25, 0.3) is 0 Å². The van der Waals surface area contributed by atoms with Crippen molar-refractivity contribution in [3.63, 3.8) is 0 Å². The van der Waals surface area contributed by atoms with Gasteiger partial charge in [0.2, 0.25) is 11.8 Å². The van der Waals surface area contributed by atoms with E-state index in [9.17, 15) is 9.59 Å². The van der Waals surface area contributed by atoms with Crippen LogP contribution in [0.3, 0.4) is 0 Å². The Kier molecular flexibility index (Phi) is 3.57. The van der Waals surface area contributed by atoms with Crippen LogP contribution in [-0.2, 0) is 14.3 Å². The third-order valence-corrected chi connectivity index (χ3v) is 3.56. The zero-order valence-electron chi connectivity index (χ0n) is 11.2. The summed E-state index contributed by atoms with van der Waals surface area (Å²) in [4.78, 5) is 25.6. The lowest BCUT2D eigenvalue weighted by Gasteiger charge is -2.41. The fourth-order valence-electron chi connectivity index (χ4n) is 2.13. The number of hydrogen-bond donors (Lipinski definition) is 1. The molecule has 102 valence electrons. The SMILES string of the molecule is CCC1(C(=O)N(C(C)=O)c2ccc(N)cc2)COC1. The number of carbonyl (C=O) groups excluding carboxylic acids is 2. The van der Waals surface area contributed by atoms with Gasteiger partial charge in [-0.1, -0.05) is 6.92 Å². The molecule has 5 heteroatoms. The molecule has 1 saturated heterocycles. The summed E-state index contributed by atoms with van der Waals surface area (Å²) >= 11 is 0. The molecule has 0 saturated carbocycles. The average Bonchev–Trinajstić information content (AvgIpc) is 2.31. The molecule has 19 heavy (non-hydrogen) atoms. The maximum absolute atomic E-state index is 12.6. The third-order valence-electron chi connectivity index (χ3n) is 3.56. The van der Waals surface area contributed by atoms with E-state index in [1.165, 1.54) is 11.8 Å². The maximum Gasteiger partial charge on any atom is 0.244 e. The number of benzene rings is 1. The zero-order chi connectivity index (χ0) is 14.0. The van der Waals surface area contributed by atoms with E-state index in [0.717, 1.165) is 0 Å². The lowest BCUT2D eigenvalue weighted by atomic mass is 9.81. The van der Waals surface area contributed by atoms with E-state index in [2.05, 4.69) is 0 Å². The molecule has 0 spiro atoms. The second-order valence-corrected chi connectivity index (χ2v) is 4.88. The van der Waals surface area contributed by atoms with Crippen LogP contribution in [-0.4, -0.2) is 25.0 Å². The van der Waals surface area contributed by atoms with Crippen molar-refractivity contribution in [2.24, 2.45) is 5.41 Å². The molecule has 1 fully saturated rings. The van der Waals surface area contributed by atoms with Crippen LogP contribution in [0.2, 0.25) is 0 Å². The van der Waals surface area contributed by atoms with Crippen LogP contribution in [0, 0.1) is 5.41 Å². The number of anilines is 2. The van der Waals surface area contributed by atoms with Crippen molar-refractivity contribution < 1.29 is 14.3 Å². The van der Waals surface area contributed by atoms with Crippen LogP contribution in [0.15, 0.2) is 24.3 Å². The molecule has 1 aliphatic rings. The Bertz CT molecular complexity index is 486. The highest BCUT2D eigenvalue weighted by molar-refractivity contribution is 6.16.